The van der Waals surface area contributed by atoms with Crippen LogP contribution in [0.3, 0.4) is 0 Å². The number of nitrogens with one attached hydrogen (secondary N) is 1. The third kappa shape index (κ3) is 2.23. The van der Waals surface area contributed by atoms with Crippen molar-refractivity contribution in [2.24, 2.45) is 0 Å². The Balaban J connectivity index is 2.25. The molecule has 1 saturated heterocycles. The molecule has 84 valence electrons. The fourth-order valence-electron chi connectivity index (χ4n) is 2.37. The van der Waals surface area contributed by atoms with Gasteiger partial charge in [-0.05, 0) is 52.8 Å². The third-order valence-electron chi connectivity index (χ3n) is 3.13. The van der Waals surface area contributed by atoms with Gasteiger partial charge in [-0.25, -0.2) is 0 Å². The first-order valence-electron chi connectivity index (χ1n) is 5.95. The third-order valence-corrected chi connectivity index (χ3v) is 3.13. The van der Waals surface area contributed by atoms with Gasteiger partial charge < -0.3 is 5.32 Å². The van der Waals surface area contributed by atoms with Crippen molar-refractivity contribution in [3.63, 3.8) is 0 Å². The van der Waals surface area contributed by atoms with Crippen LogP contribution in [0.25, 0.3) is 0 Å². The quantitative estimate of drug-likeness (QED) is 0.806. The van der Waals surface area contributed by atoms with Crippen LogP contribution >= 0.6 is 0 Å². The maximum Gasteiger partial charge on any atom is 0.0596 e. The van der Waals surface area contributed by atoms with Gasteiger partial charge in [0.05, 0.1) is 5.69 Å². The molecular formula is C12H21N3. The highest BCUT2D eigenvalue weighted by Gasteiger charge is 2.20. The standard InChI is InChI=1S/C12H21N3/c1-9(2)15-12(8-10(3)14-15)11-4-6-13-7-5-11/h8-9,11,13H,4-7H2,1-3H3. The first-order valence-corrected chi connectivity index (χ1v) is 5.95. The Labute approximate surface area is 91.9 Å². The average Bonchev–Trinajstić information content (AvgIpc) is 2.62. The molecule has 0 atom stereocenters. The van der Waals surface area contributed by atoms with E-state index < -0.39 is 0 Å². The minimum atomic E-state index is 0.476. The van der Waals surface area contributed by atoms with Gasteiger partial charge in [-0.15, -0.1) is 0 Å². The highest BCUT2D eigenvalue weighted by atomic mass is 15.3. The van der Waals surface area contributed by atoms with Gasteiger partial charge in [0, 0.05) is 17.7 Å². The summed E-state index contributed by atoms with van der Waals surface area (Å²) in [5.74, 6) is 0.704. The molecule has 0 radical (unpaired) electrons. The number of rotatable bonds is 2. The lowest BCUT2D eigenvalue weighted by atomic mass is 9.94. The summed E-state index contributed by atoms with van der Waals surface area (Å²) in [7, 11) is 0. The van der Waals surface area contributed by atoms with E-state index in [-0.39, 0.29) is 0 Å². The fraction of sp³-hybridized carbons (Fsp3) is 0.750. The Bertz CT molecular complexity index is 322. The zero-order chi connectivity index (χ0) is 10.8. The van der Waals surface area contributed by atoms with Crippen molar-refractivity contribution in [3.05, 3.63) is 17.5 Å². The van der Waals surface area contributed by atoms with E-state index in [2.05, 4.69) is 41.9 Å². The van der Waals surface area contributed by atoms with E-state index in [9.17, 15) is 0 Å². The highest BCUT2D eigenvalue weighted by Crippen LogP contribution is 2.27. The molecule has 0 unspecified atom stereocenters. The fourth-order valence-corrected chi connectivity index (χ4v) is 2.37. The smallest absolute Gasteiger partial charge is 0.0596 e. The van der Waals surface area contributed by atoms with E-state index >= 15 is 0 Å². The summed E-state index contributed by atoms with van der Waals surface area (Å²) in [6.45, 7) is 8.79. The van der Waals surface area contributed by atoms with Crippen molar-refractivity contribution >= 4 is 0 Å². The van der Waals surface area contributed by atoms with Gasteiger partial charge in [0.2, 0.25) is 0 Å². The second-order valence-electron chi connectivity index (χ2n) is 4.77. The van der Waals surface area contributed by atoms with Crippen LogP contribution in [0.15, 0.2) is 6.07 Å². The van der Waals surface area contributed by atoms with E-state index in [1.807, 2.05) is 0 Å². The molecule has 2 rings (SSSR count). The largest absolute Gasteiger partial charge is 0.317 e. The van der Waals surface area contributed by atoms with E-state index in [0.29, 0.717) is 12.0 Å². The summed E-state index contributed by atoms with van der Waals surface area (Å²) in [4.78, 5) is 0. The molecule has 0 aliphatic carbocycles. The average molecular weight is 207 g/mol. The number of piperidine rings is 1. The SMILES string of the molecule is Cc1cc(C2CCNCC2)n(C(C)C)n1. The van der Waals surface area contributed by atoms with Crippen LogP contribution < -0.4 is 5.32 Å². The van der Waals surface area contributed by atoms with Crippen LogP contribution in [0.2, 0.25) is 0 Å². The number of hydrogen-bond donors (Lipinski definition) is 1. The van der Waals surface area contributed by atoms with Gasteiger partial charge in [-0.2, -0.15) is 5.10 Å². The second kappa shape index (κ2) is 4.35. The first kappa shape index (κ1) is 10.7. The van der Waals surface area contributed by atoms with Crippen molar-refractivity contribution in [2.75, 3.05) is 13.1 Å². The van der Waals surface area contributed by atoms with Gasteiger partial charge in [-0.3, -0.25) is 4.68 Å². The monoisotopic (exact) mass is 207 g/mol. The Kier molecular flexibility index (Phi) is 3.10. The molecule has 1 aromatic heterocycles. The molecular weight excluding hydrogens is 186 g/mol. The van der Waals surface area contributed by atoms with Crippen molar-refractivity contribution in [3.8, 4) is 0 Å². The van der Waals surface area contributed by atoms with Gasteiger partial charge >= 0.3 is 0 Å². The summed E-state index contributed by atoms with van der Waals surface area (Å²) in [5.41, 5.74) is 2.58. The van der Waals surface area contributed by atoms with Crippen LogP contribution in [-0.4, -0.2) is 22.9 Å². The van der Waals surface area contributed by atoms with Crippen LogP contribution in [0.4, 0.5) is 0 Å². The first-order chi connectivity index (χ1) is 7.18. The summed E-state index contributed by atoms with van der Waals surface area (Å²) in [6, 6.07) is 2.74. The van der Waals surface area contributed by atoms with Gasteiger partial charge in [0.1, 0.15) is 0 Å². The van der Waals surface area contributed by atoms with Crippen LogP contribution in [0.5, 0.6) is 0 Å². The summed E-state index contributed by atoms with van der Waals surface area (Å²) in [6.07, 6.45) is 2.50. The predicted octanol–water partition coefficient (Wildman–Crippen LogP) is 2.24. The molecule has 3 nitrogen and oxygen atoms in total. The maximum absolute atomic E-state index is 4.58. The minimum Gasteiger partial charge on any atom is -0.317 e. The van der Waals surface area contributed by atoms with E-state index in [0.717, 1.165) is 18.8 Å². The zero-order valence-corrected chi connectivity index (χ0v) is 9.95. The van der Waals surface area contributed by atoms with Crippen molar-refractivity contribution < 1.29 is 0 Å². The number of nitrogens with zero attached hydrogens (tertiary/aromatic N) is 2. The number of aromatic nitrogens is 2. The topological polar surface area (TPSA) is 29.9 Å². The van der Waals surface area contributed by atoms with Crippen LogP contribution in [-0.2, 0) is 0 Å². The second-order valence-corrected chi connectivity index (χ2v) is 4.77. The highest BCUT2D eigenvalue weighted by molar-refractivity contribution is 5.15. The van der Waals surface area contributed by atoms with Crippen molar-refractivity contribution in [1.29, 1.82) is 0 Å². The minimum absolute atomic E-state index is 0.476. The maximum atomic E-state index is 4.58. The molecule has 0 spiro atoms. The molecule has 15 heavy (non-hydrogen) atoms. The molecule has 0 saturated carbocycles. The Morgan fingerprint density at radius 2 is 2.07 bits per heavy atom. The Morgan fingerprint density at radius 3 is 2.67 bits per heavy atom. The molecule has 1 N–H and O–H groups in total. The number of aryl methyl sites for hydroxylation is 1. The molecule has 1 aliphatic rings. The van der Waals surface area contributed by atoms with Gasteiger partial charge in [-0.1, -0.05) is 0 Å². The van der Waals surface area contributed by atoms with Crippen LogP contribution in [0, 0.1) is 6.92 Å². The molecule has 2 heterocycles. The Morgan fingerprint density at radius 1 is 1.40 bits per heavy atom. The molecule has 1 aromatic rings. The normalized spacial score (nSPS) is 18.7. The molecule has 0 bridgehead atoms. The van der Waals surface area contributed by atoms with E-state index in [4.69, 9.17) is 0 Å². The lowest BCUT2D eigenvalue weighted by Crippen LogP contribution is -2.28. The molecule has 0 aromatic carbocycles. The molecule has 0 amide bonds. The zero-order valence-electron chi connectivity index (χ0n) is 9.95. The molecule has 3 heteroatoms. The predicted molar refractivity (Wildman–Crippen MR) is 62.2 cm³/mol. The number of hydrogen-bond acceptors (Lipinski definition) is 2. The van der Waals surface area contributed by atoms with E-state index in [1.165, 1.54) is 18.5 Å². The summed E-state index contributed by atoms with van der Waals surface area (Å²) in [5, 5.41) is 7.99. The Hall–Kier alpha value is -0.830. The van der Waals surface area contributed by atoms with E-state index in [1.54, 1.807) is 0 Å². The van der Waals surface area contributed by atoms with Crippen molar-refractivity contribution in [1.82, 2.24) is 15.1 Å². The van der Waals surface area contributed by atoms with Gasteiger partial charge in [0.15, 0.2) is 0 Å². The van der Waals surface area contributed by atoms with Gasteiger partial charge in [0.25, 0.3) is 0 Å². The summed E-state index contributed by atoms with van der Waals surface area (Å²) < 4.78 is 2.20. The summed E-state index contributed by atoms with van der Waals surface area (Å²) >= 11 is 0. The lowest BCUT2D eigenvalue weighted by Gasteiger charge is -2.24. The lowest BCUT2D eigenvalue weighted by molar-refractivity contribution is 0.413. The van der Waals surface area contributed by atoms with Crippen molar-refractivity contribution in [2.45, 2.75) is 45.6 Å². The van der Waals surface area contributed by atoms with Crippen LogP contribution in [0.1, 0.15) is 50.0 Å². The molecule has 1 fully saturated rings. The molecule has 1 aliphatic heterocycles.